The van der Waals surface area contributed by atoms with Crippen molar-refractivity contribution in [3.05, 3.63) is 0 Å². The lowest BCUT2D eigenvalue weighted by molar-refractivity contribution is -0.170. The highest BCUT2D eigenvalue weighted by molar-refractivity contribution is 5.89. The lowest BCUT2D eigenvalue weighted by atomic mass is 9.40. The van der Waals surface area contributed by atoms with E-state index in [1.165, 1.54) is 19.3 Å². The molecule has 4 fully saturated rings. The van der Waals surface area contributed by atoms with Crippen LogP contribution in [-0.2, 0) is 9.59 Å². The lowest BCUT2D eigenvalue weighted by Gasteiger charge is -2.64. The van der Waals surface area contributed by atoms with Crippen LogP contribution < -0.4 is 5.32 Å². The number of rotatable bonds is 4. The van der Waals surface area contributed by atoms with E-state index in [1.807, 2.05) is 13.8 Å². The van der Waals surface area contributed by atoms with Crippen molar-refractivity contribution in [3.63, 3.8) is 0 Å². The average molecular weight is 291 g/mol. The molecule has 4 bridgehead atoms. The summed E-state index contributed by atoms with van der Waals surface area (Å²) >= 11 is 0. The van der Waals surface area contributed by atoms with Crippen molar-refractivity contribution in [2.75, 3.05) is 6.54 Å². The minimum atomic E-state index is -0.194. The van der Waals surface area contributed by atoms with E-state index in [9.17, 15) is 9.59 Å². The molecule has 4 aliphatic carbocycles. The summed E-state index contributed by atoms with van der Waals surface area (Å²) in [7, 11) is 0. The number of hydrogen-bond donors (Lipinski definition) is 1. The molecule has 0 aromatic carbocycles. The third-order valence-corrected chi connectivity index (χ3v) is 6.18. The monoisotopic (exact) mass is 291 g/mol. The standard InChI is InChI=1S/C18H29NO2/c1-12(2)14(20)8-19-15(21)18-7-13-5-16(3,10-18)9-17(4,6-13)11-18/h12-13H,5-11H2,1-4H3,(H,19,21). The van der Waals surface area contributed by atoms with Gasteiger partial charge in [0.2, 0.25) is 5.91 Å². The highest BCUT2D eigenvalue weighted by atomic mass is 16.2. The van der Waals surface area contributed by atoms with Gasteiger partial charge in [0, 0.05) is 5.92 Å². The van der Waals surface area contributed by atoms with Crippen LogP contribution in [-0.4, -0.2) is 18.2 Å². The second-order valence-electron chi connectivity index (χ2n) is 9.21. The molecule has 4 saturated carbocycles. The van der Waals surface area contributed by atoms with Gasteiger partial charge in [0.15, 0.2) is 5.78 Å². The van der Waals surface area contributed by atoms with Gasteiger partial charge in [0.05, 0.1) is 12.0 Å². The molecule has 0 aromatic heterocycles. The summed E-state index contributed by atoms with van der Waals surface area (Å²) in [5.41, 5.74) is 0.487. The normalized spacial score (nSPS) is 44.1. The summed E-state index contributed by atoms with van der Waals surface area (Å²) in [6.45, 7) is 8.73. The summed E-state index contributed by atoms with van der Waals surface area (Å²) in [6, 6.07) is 0. The molecule has 3 heteroatoms. The maximum atomic E-state index is 12.8. The van der Waals surface area contributed by atoms with Gasteiger partial charge in [-0.25, -0.2) is 0 Å². The molecule has 0 aromatic rings. The zero-order valence-electron chi connectivity index (χ0n) is 13.9. The van der Waals surface area contributed by atoms with Crippen LogP contribution in [0.15, 0.2) is 0 Å². The Morgan fingerprint density at radius 2 is 1.62 bits per heavy atom. The van der Waals surface area contributed by atoms with E-state index in [1.54, 1.807) is 0 Å². The van der Waals surface area contributed by atoms with Crippen LogP contribution in [0.25, 0.3) is 0 Å². The quantitative estimate of drug-likeness (QED) is 0.863. The van der Waals surface area contributed by atoms with E-state index in [0.717, 1.165) is 19.3 Å². The Morgan fingerprint density at radius 3 is 2.10 bits per heavy atom. The Bertz CT molecular complexity index is 464. The van der Waals surface area contributed by atoms with E-state index in [-0.39, 0.29) is 29.6 Å². The Labute approximate surface area is 128 Å². The van der Waals surface area contributed by atoms with Crippen LogP contribution in [0, 0.1) is 28.1 Å². The van der Waals surface area contributed by atoms with Crippen molar-refractivity contribution in [3.8, 4) is 0 Å². The van der Waals surface area contributed by atoms with Crippen molar-refractivity contribution >= 4 is 11.7 Å². The minimum absolute atomic E-state index is 0.00306. The number of ketones is 1. The van der Waals surface area contributed by atoms with Gasteiger partial charge in [-0.3, -0.25) is 9.59 Å². The van der Waals surface area contributed by atoms with E-state index in [2.05, 4.69) is 19.2 Å². The van der Waals surface area contributed by atoms with Crippen molar-refractivity contribution in [1.29, 1.82) is 0 Å². The first-order chi connectivity index (χ1) is 9.65. The van der Waals surface area contributed by atoms with Crippen LogP contribution in [0.4, 0.5) is 0 Å². The van der Waals surface area contributed by atoms with Crippen molar-refractivity contribution in [1.82, 2.24) is 5.32 Å². The van der Waals surface area contributed by atoms with Crippen LogP contribution in [0.3, 0.4) is 0 Å². The fourth-order valence-electron chi connectivity index (χ4n) is 6.26. The molecular formula is C18H29NO2. The Morgan fingerprint density at radius 1 is 1.05 bits per heavy atom. The molecule has 0 heterocycles. The molecular weight excluding hydrogens is 262 g/mol. The molecule has 0 spiro atoms. The van der Waals surface area contributed by atoms with Gasteiger partial charge in [0.1, 0.15) is 0 Å². The number of carbonyl (C=O) groups is 2. The molecule has 1 N–H and O–H groups in total. The highest BCUT2D eigenvalue weighted by Crippen LogP contribution is 2.69. The van der Waals surface area contributed by atoms with Crippen LogP contribution in [0.5, 0.6) is 0 Å². The van der Waals surface area contributed by atoms with E-state index >= 15 is 0 Å². The number of amides is 1. The fraction of sp³-hybridized carbons (Fsp3) is 0.889. The molecule has 0 saturated heterocycles. The van der Waals surface area contributed by atoms with Gasteiger partial charge >= 0.3 is 0 Å². The zero-order valence-corrected chi connectivity index (χ0v) is 13.9. The Balaban J connectivity index is 1.75. The molecule has 4 aliphatic rings. The van der Waals surface area contributed by atoms with E-state index < -0.39 is 0 Å². The maximum Gasteiger partial charge on any atom is 0.226 e. The first-order valence-corrected chi connectivity index (χ1v) is 8.47. The zero-order chi connectivity index (χ0) is 15.5. The predicted octanol–water partition coefficient (Wildman–Crippen LogP) is 3.32. The van der Waals surface area contributed by atoms with Gasteiger partial charge in [-0.2, -0.15) is 0 Å². The van der Waals surface area contributed by atoms with Crippen molar-refractivity contribution < 1.29 is 9.59 Å². The molecule has 118 valence electrons. The smallest absolute Gasteiger partial charge is 0.226 e. The van der Waals surface area contributed by atoms with Gasteiger partial charge in [-0.1, -0.05) is 27.7 Å². The van der Waals surface area contributed by atoms with Gasteiger partial charge < -0.3 is 5.32 Å². The summed E-state index contributed by atoms with van der Waals surface area (Å²) in [5.74, 6) is 0.989. The third-order valence-electron chi connectivity index (χ3n) is 6.18. The number of Topliss-reactive ketones (excluding diaryl/α,β-unsaturated/α-hetero) is 1. The van der Waals surface area contributed by atoms with E-state index in [0.29, 0.717) is 16.7 Å². The second-order valence-corrected chi connectivity index (χ2v) is 9.21. The minimum Gasteiger partial charge on any atom is -0.349 e. The van der Waals surface area contributed by atoms with Crippen LogP contribution >= 0.6 is 0 Å². The number of carbonyl (C=O) groups excluding carboxylic acids is 2. The summed E-state index contributed by atoms with van der Waals surface area (Å²) in [5, 5.41) is 2.97. The van der Waals surface area contributed by atoms with Crippen molar-refractivity contribution in [2.24, 2.45) is 28.1 Å². The lowest BCUT2D eigenvalue weighted by Crippen LogP contribution is -2.60. The first kappa shape index (κ1) is 15.1. The van der Waals surface area contributed by atoms with Gasteiger partial charge in [-0.15, -0.1) is 0 Å². The van der Waals surface area contributed by atoms with Crippen molar-refractivity contribution in [2.45, 2.75) is 66.2 Å². The second kappa shape index (κ2) is 4.57. The topological polar surface area (TPSA) is 46.2 Å². The number of hydrogen-bond acceptors (Lipinski definition) is 2. The summed E-state index contributed by atoms with van der Waals surface area (Å²) < 4.78 is 0. The summed E-state index contributed by atoms with van der Waals surface area (Å²) in [6.07, 6.45) is 6.95. The Kier molecular flexibility index (Phi) is 3.27. The number of nitrogens with one attached hydrogen (secondary N) is 1. The van der Waals surface area contributed by atoms with Gasteiger partial charge in [-0.05, 0) is 55.3 Å². The summed E-state index contributed by atoms with van der Waals surface area (Å²) in [4.78, 5) is 24.6. The van der Waals surface area contributed by atoms with Crippen LogP contribution in [0.1, 0.15) is 66.2 Å². The first-order valence-electron chi connectivity index (χ1n) is 8.47. The molecule has 2 atom stereocenters. The Hall–Kier alpha value is -0.860. The molecule has 4 rings (SSSR count). The molecule has 0 radical (unpaired) electrons. The molecule has 1 amide bonds. The fourth-order valence-corrected chi connectivity index (χ4v) is 6.26. The molecule has 0 aliphatic heterocycles. The molecule has 3 nitrogen and oxygen atoms in total. The SMILES string of the molecule is CC(C)C(=O)CNC(=O)C12CC3CC(C)(CC(C)(C3)C1)C2. The predicted molar refractivity (Wildman–Crippen MR) is 82.7 cm³/mol. The van der Waals surface area contributed by atoms with Gasteiger partial charge in [0.25, 0.3) is 0 Å². The molecule has 2 unspecified atom stereocenters. The average Bonchev–Trinajstić information content (AvgIpc) is 2.30. The maximum absolute atomic E-state index is 12.8. The largest absolute Gasteiger partial charge is 0.349 e. The van der Waals surface area contributed by atoms with E-state index in [4.69, 9.17) is 0 Å². The molecule has 21 heavy (non-hydrogen) atoms. The highest BCUT2D eigenvalue weighted by Gasteiger charge is 2.62. The van der Waals surface area contributed by atoms with Crippen LogP contribution in [0.2, 0.25) is 0 Å². The third kappa shape index (κ3) is 2.53.